The van der Waals surface area contributed by atoms with Crippen LogP contribution >= 0.6 is 24.0 Å². The summed E-state index contributed by atoms with van der Waals surface area (Å²) in [6, 6.07) is 27.8. The first-order chi connectivity index (χ1) is 27.7. The molecule has 0 radical (unpaired) electrons. The number of aromatic amines is 1. The Hall–Kier alpha value is -5.48. The first-order valence-corrected chi connectivity index (χ1v) is 19.9. The average Bonchev–Trinajstić information content (AvgIpc) is 4.12. The first kappa shape index (κ1) is 39.4. The van der Waals surface area contributed by atoms with E-state index >= 15 is 0 Å². The molecule has 8 nitrogen and oxygen atoms in total. The van der Waals surface area contributed by atoms with Crippen LogP contribution in [0.3, 0.4) is 0 Å². The number of alkyl halides is 6. The Labute approximate surface area is 337 Å². The molecule has 0 aliphatic heterocycles. The molecule has 2 aromatic heterocycles. The van der Waals surface area contributed by atoms with E-state index < -0.39 is 24.0 Å². The Morgan fingerprint density at radius 2 is 1.28 bits per heavy atom. The molecule has 2 aliphatic rings. The van der Waals surface area contributed by atoms with Crippen molar-refractivity contribution in [2.45, 2.75) is 68.9 Å². The molecule has 7 aromatic rings. The average molecular weight is 832 g/mol. The van der Waals surface area contributed by atoms with Gasteiger partial charge in [-0.1, -0.05) is 90.1 Å². The van der Waals surface area contributed by atoms with E-state index in [-0.39, 0.29) is 21.6 Å². The van der Waals surface area contributed by atoms with E-state index in [1.807, 2.05) is 92.7 Å². The summed E-state index contributed by atoms with van der Waals surface area (Å²) in [4.78, 5) is 12.6. The summed E-state index contributed by atoms with van der Waals surface area (Å²) in [5, 5.41) is 19.1. The lowest BCUT2D eigenvalue weighted by Gasteiger charge is -2.16. The number of halogens is 6. The smallest absolute Gasteiger partial charge is 0.325 e. The normalized spacial score (nSPS) is 14.4. The Bertz CT molecular complexity index is 2750. The van der Waals surface area contributed by atoms with E-state index in [1.54, 1.807) is 12.1 Å². The fourth-order valence-electron chi connectivity index (χ4n) is 7.25. The van der Waals surface area contributed by atoms with Crippen LogP contribution in [0.15, 0.2) is 96.2 Å². The molecular weight excluding hydrogens is 797 g/mol. The largest absolute Gasteiger partial charge is 0.452 e. The summed E-state index contributed by atoms with van der Waals surface area (Å²) in [7, 11) is 0. The molecular formula is C42H35F6N7OS2. The Morgan fingerprint density at radius 1 is 0.741 bits per heavy atom. The van der Waals surface area contributed by atoms with Crippen LogP contribution in [-0.2, 0) is 17.1 Å². The predicted molar refractivity (Wildman–Crippen MR) is 214 cm³/mol. The number of carbonyl (C=O) groups excluding carboxylic acids is 1. The molecule has 2 N–H and O–H groups in total. The van der Waals surface area contributed by atoms with Crippen LogP contribution in [0.1, 0.15) is 71.4 Å². The van der Waals surface area contributed by atoms with Crippen molar-refractivity contribution in [3.8, 4) is 11.4 Å². The third-order valence-corrected chi connectivity index (χ3v) is 11.4. The van der Waals surface area contributed by atoms with Crippen LogP contribution in [0.25, 0.3) is 32.9 Å². The predicted octanol–water partition coefficient (Wildman–Crippen LogP) is 11.6. The molecule has 0 spiro atoms. The summed E-state index contributed by atoms with van der Waals surface area (Å²) >= 11 is 5.95. The fourth-order valence-corrected chi connectivity index (χ4v) is 8.22. The standard InChI is InChI=1S/C26H23F3N4OS.C16H12F3N3S/c1-15-7-11-21(16(2)13-15)30-23(34)14-35-25-32-31-24(26(27,28)29)33(25)22-12-10-18(17-8-9-17)19-5-3-4-6-20(19)22;17-16(18,19)14-20-21-15(23)22(14)13-8-7-10(9-5-6-9)11-3-1-2-4-12(11)13/h3-7,10-13,17H,8-9,14H2,1-2H3,(H,30,34);1-4,7-9H,5-6H2,(H,21,23). The molecule has 0 unspecified atom stereocenters. The number of nitrogens with zero attached hydrogens (tertiary/aromatic N) is 5. The minimum Gasteiger partial charge on any atom is -0.325 e. The summed E-state index contributed by atoms with van der Waals surface area (Å²) in [6.07, 6.45) is -4.86. The highest BCUT2D eigenvalue weighted by molar-refractivity contribution is 7.99. The second kappa shape index (κ2) is 15.4. The number of nitrogens with one attached hydrogen (secondary N) is 2. The summed E-state index contributed by atoms with van der Waals surface area (Å²) < 4.78 is 83.3. The highest BCUT2D eigenvalue weighted by Gasteiger charge is 2.40. The molecule has 2 fully saturated rings. The zero-order valence-corrected chi connectivity index (χ0v) is 32.7. The number of aromatic nitrogens is 6. The molecule has 1 amide bonds. The number of rotatable bonds is 8. The second-order valence-electron chi connectivity index (χ2n) is 14.5. The van der Waals surface area contributed by atoms with Crippen molar-refractivity contribution < 1.29 is 31.1 Å². The third kappa shape index (κ3) is 7.99. The maximum absolute atomic E-state index is 13.9. The van der Waals surface area contributed by atoms with Crippen LogP contribution in [0.4, 0.5) is 32.0 Å². The van der Waals surface area contributed by atoms with Crippen molar-refractivity contribution in [1.29, 1.82) is 0 Å². The van der Waals surface area contributed by atoms with Crippen molar-refractivity contribution in [3.63, 3.8) is 0 Å². The molecule has 0 bridgehead atoms. The van der Waals surface area contributed by atoms with Crippen LogP contribution in [0, 0.1) is 18.6 Å². The number of thioether (sulfide) groups is 1. The number of hydrogen-bond donors (Lipinski definition) is 2. The lowest BCUT2D eigenvalue weighted by molar-refractivity contribution is -0.147. The van der Waals surface area contributed by atoms with Crippen LogP contribution in [0.2, 0.25) is 0 Å². The number of amides is 1. The van der Waals surface area contributed by atoms with Crippen molar-refractivity contribution in [3.05, 3.63) is 130 Å². The number of anilines is 1. The highest BCUT2D eigenvalue weighted by Crippen LogP contribution is 2.46. The zero-order valence-electron chi connectivity index (χ0n) is 31.1. The van der Waals surface area contributed by atoms with Gasteiger partial charge in [-0.05, 0) is 109 Å². The van der Waals surface area contributed by atoms with E-state index in [9.17, 15) is 31.1 Å². The number of carbonyl (C=O) groups is 1. The first-order valence-electron chi connectivity index (χ1n) is 18.5. The van der Waals surface area contributed by atoms with Crippen LogP contribution < -0.4 is 5.32 Å². The summed E-state index contributed by atoms with van der Waals surface area (Å²) in [6.45, 7) is 3.85. The van der Waals surface area contributed by atoms with Crippen molar-refractivity contribution >= 4 is 57.1 Å². The van der Waals surface area contributed by atoms with E-state index in [0.29, 0.717) is 34.3 Å². The molecule has 58 heavy (non-hydrogen) atoms. The minimum atomic E-state index is -4.71. The minimum absolute atomic E-state index is 0.0115. The molecule has 2 saturated carbocycles. The SMILES string of the molecule is Cc1ccc(NC(=O)CSc2nnc(C(F)(F)F)n2-c2ccc(C3CC3)c3ccccc23)c(C)c1.FC(F)(F)c1n[nH]c(=S)n1-c1ccc(C2CC2)c2ccccc12. The van der Waals surface area contributed by atoms with Gasteiger partial charge in [-0.3, -0.25) is 19.0 Å². The van der Waals surface area contributed by atoms with E-state index in [4.69, 9.17) is 12.2 Å². The van der Waals surface area contributed by atoms with Gasteiger partial charge in [0.15, 0.2) is 9.93 Å². The Morgan fingerprint density at radius 3 is 1.79 bits per heavy atom. The monoisotopic (exact) mass is 831 g/mol. The van der Waals surface area contributed by atoms with Gasteiger partial charge < -0.3 is 5.32 Å². The van der Waals surface area contributed by atoms with Gasteiger partial charge >= 0.3 is 12.4 Å². The third-order valence-electron chi connectivity index (χ3n) is 10.2. The highest BCUT2D eigenvalue weighted by atomic mass is 32.2. The maximum Gasteiger partial charge on any atom is 0.452 e. The lowest BCUT2D eigenvalue weighted by Crippen LogP contribution is -2.17. The topological polar surface area (TPSA) is 93.4 Å². The molecule has 5 aromatic carbocycles. The number of fused-ring (bicyclic) bond motifs is 2. The Balaban J connectivity index is 0.000000176. The second-order valence-corrected chi connectivity index (χ2v) is 15.8. The molecule has 9 rings (SSSR count). The summed E-state index contributed by atoms with van der Waals surface area (Å²) in [5.41, 5.74) is 5.73. The van der Waals surface area contributed by atoms with Gasteiger partial charge in [-0.25, -0.2) is 0 Å². The number of benzene rings is 5. The van der Waals surface area contributed by atoms with Gasteiger partial charge in [0.1, 0.15) is 0 Å². The Kier molecular flexibility index (Phi) is 10.4. The molecule has 0 saturated heterocycles. The van der Waals surface area contributed by atoms with Gasteiger partial charge in [0, 0.05) is 16.5 Å². The van der Waals surface area contributed by atoms with Gasteiger partial charge in [0.05, 0.1) is 17.1 Å². The zero-order chi connectivity index (χ0) is 40.9. The van der Waals surface area contributed by atoms with Gasteiger partial charge in [0.2, 0.25) is 17.6 Å². The maximum atomic E-state index is 13.9. The van der Waals surface area contributed by atoms with Gasteiger partial charge in [0.25, 0.3) is 0 Å². The number of aryl methyl sites for hydroxylation is 2. The van der Waals surface area contributed by atoms with E-state index in [0.717, 1.165) is 79.4 Å². The van der Waals surface area contributed by atoms with Crippen LogP contribution in [0.5, 0.6) is 0 Å². The fraction of sp³-hybridized carbons (Fsp3) is 0.262. The van der Waals surface area contributed by atoms with E-state index in [1.165, 1.54) is 5.56 Å². The number of H-pyrrole nitrogens is 1. The van der Waals surface area contributed by atoms with Crippen molar-refractivity contribution in [2.75, 3.05) is 11.1 Å². The number of hydrogen-bond acceptors (Lipinski definition) is 6. The van der Waals surface area contributed by atoms with Gasteiger partial charge in [-0.2, -0.15) is 26.3 Å². The lowest BCUT2D eigenvalue weighted by atomic mass is 9.99. The van der Waals surface area contributed by atoms with Crippen molar-refractivity contribution in [2.24, 2.45) is 0 Å². The molecule has 2 heterocycles. The molecule has 298 valence electrons. The van der Waals surface area contributed by atoms with Crippen LogP contribution in [-0.4, -0.2) is 41.2 Å². The molecule has 16 heteroatoms. The quantitative estimate of drug-likeness (QED) is 0.0900. The summed E-state index contributed by atoms with van der Waals surface area (Å²) in [5.74, 6) is -1.64. The van der Waals surface area contributed by atoms with Crippen molar-refractivity contribution in [1.82, 2.24) is 29.5 Å². The molecule has 0 atom stereocenters. The van der Waals surface area contributed by atoms with Gasteiger partial charge in [-0.15, -0.1) is 15.3 Å². The molecule has 2 aliphatic carbocycles. The van der Waals surface area contributed by atoms with E-state index in [2.05, 4.69) is 25.7 Å².